The fraction of sp³-hybridized carbons (Fsp3) is 0. The van der Waals surface area contributed by atoms with Crippen LogP contribution in [0.2, 0.25) is 0 Å². The van der Waals surface area contributed by atoms with Crippen LogP contribution >= 0.6 is 0 Å². The first kappa shape index (κ1) is 38.1. The zero-order valence-corrected chi connectivity index (χ0v) is 36.6. The maximum atomic E-state index is 5.36. The number of rotatable bonds is 6. The molecule has 0 fully saturated rings. The lowest BCUT2D eigenvalue weighted by molar-refractivity contribution is 0.955. The molecule has 0 saturated carbocycles. The smallest absolute Gasteiger partial charge is 0.238 e. The summed E-state index contributed by atoms with van der Waals surface area (Å²) in [7, 11) is 0. The van der Waals surface area contributed by atoms with Crippen molar-refractivity contribution in [2.45, 2.75) is 0 Å². The first-order valence-electron chi connectivity index (χ1n) is 23.0. The van der Waals surface area contributed by atoms with Gasteiger partial charge in [0.1, 0.15) is 0 Å². The Hall–Kier alpha value is -9.26. The molecule has 0 amide bonds. The Morgan fingerprint density at radius 3 is 1.10 bits per heavy atom. The van der Waals surface area contributed by atoms with Gasteiger partial charge in [0, 0.05) is 60.0 Å². The number of hydrogen-bond donors (Lipinski definition) is 0. The van der Waals surface area contributed by atoms with Crippen LogP contribution in [0.15, 0.2) is 231 Å². The molecule has 0 spiro atoms. The van der Waals surface area contributed by atoms with Crippen molar-refractivity contribution < 1.29 is 0 Å². The number of fused-ring (bicyclic) bond motifs is 15. The first-order valence-corrected chi connectivity index (χ1v) is 23.0. The highest BCUT2D eigenvalue weighted by Crippen LogP contribution is 2.50. The van der Waals surface area contributed by atoms with Gasteiger partial charge < -0.3 is 4.57 Å². The van der Waals surface area contributed by atoms with Gasteiger partial charge in [0.25, 0.3) is 0 Å². The van der Waals surface area contributed by atoms with Crippen molar-refractivity contribution in [3.05, 3.63) is 231 Å². The number of benzene rings is 10. The van der Waals surface area contributed by atoms with Crippen LogP contribution < -0.4 is 0 Å². The highest BCUT2D eigenvalue weighted by atomic mass is 15.2. The molecule has 6 nitrogen and oxygen atoms in total. The molecule has 0 unspecified atom stereocenters. The van der Waals surface area contributed by atoms with Crippen LogP contribution in [0, 0.1) is 0 Å². The second-order valence-corrected chi connectivity index (χ2v) is 17.3. The van der Waals surface area contributed by atoms with Crippen molar-refractivity contribution in [2.75, 3.05) is 0 Å². The van der Waals surface area contributed by atoms with Gasteiger partial charge >= 0.3 is 0 Å². The van der Waals surface area contributed by atoms with E-state index in [2.05, 4.69) is 203 Å². The van der Waals surface area contributed by atoms with E-state index in [0.717, 1.165) is 82.9 Å². The maximum Gasteiger partial charge on any atom is 0.238 e. The van der Waals surface area contributed by atoms with E-state index < -0.39 is 0 Å². The molecule has 4 aromatic heterocycles. The van der Waals surface area contributed by atoms with E-state index in [4.69, 9.17) is 19.9 Å². The minimum Gasteiger partial charge on any atom is -0.308 e. The molecular weight excluding hydrogens is 829 g/mol. The Balaban J connectivity index is 1.19. The monoisotopic (exact) mass is 866 g/mol. The summed E-state index contributed by atoms with van der Waals surface area (Å²) in [6.07, 6.45) is 0. The molecule has 0 saturated heterocycles. The van der Waals surface area contributed by atoms with E-state index in [1.54, 1.807) is 0 Å². The third-order valence-electron chi connectivity index (χ3n) is 13.5. The SMILES string of the molecule is c1ccc(-c2cc(-n3c4ccccc4c4c5c(c6ccccc6c43)c3ccccc3c3c5c4ccccc4n3-c3nc(-c4ccccc4)nc(-c4ccccc4)n3)cc(-c3ccccc3)n2)cc1. The highest BCUT2D eigenvalue weighted by molar-refractivity contribution is 6.45. The summed E-state index contributed by atoms with van der Waals surface area (Å²) in [6.45, 7) is 0. The summed E-state index contributed by atoms with van der Waals surface area (Å²) in [4.78, 5) is 21.1. The topological polar surface area (TPSA) is 61.4 Å². The molecule has 0 radical (unpaired) electrons. The second kappa shape index (κ2) is 15.2. The number of hydrogen-bond acceptors (Lipinski definition) is 4. The van der Waals surface area contributed by atoms with Gasteiger partial charge in [0.15, 0.2) is 11.6 Å². The fourth-order valence-electron chi connectivity index (χ4n) is 10.6. The zero-order valence-electron chi connectivity index (χ0n) is 36.6. The molecular formula is C62H38N6. The predicted molar refractivity (Wildman–Crippen MR) is 281 cm³/mol. The van der Waals surface area contributed by atoms with Crippen molar-refractivity contribution in [3.8, 4) is 56.9 Å². The molecule has 4 heterocycles. The van der Waals surface area contributed by atoms with E-state index in [0.29, 0.717) is 17.6 Å². The minimum absolute atomic E-state index is 0.562. The Labute approximate surface area is 390 Å². The summed E-state index contributed by atoms with van der Waals surface area (Å²) >= 11 is 0. The van der Waals surface area contributed by atoms with Gasteiger partial charge in [-0.2, -0.15) is 9.97 Å². The Morgan fingerprint density at radius 2 is 0.632 bits per heavy atom. The van der Waals surface area contributed by atoms with Gasteiger partial charge in [0.05, 0.1) is 39.1 Å². The lowest BCUT2D eigenvalue weighted by atomic mass is 9.89. The van der Waals surface area contributed by atoms with Crippen LogP contribution in [0.5, 0.6) is 0 Å². The standard InChI is InChI=1S/C62H38N6/c1-5-21-39(22-6-1)50-37-43(38-51(63-50)40-23-7-2-8-24-40)67-52-35-19-17-33-48(52)55-57-54(44-29-13-15-31-46(44)58(55)67)45-30-14-16-32-47(45)59-56(57)49-34-18-20-36-53(49)68(59)62-65-60(41-25-9-3-10-26-41)64-61(66-62)42-27-11-4-12-28-42/h1-38H. The third-order valence-corrected chi connectivity index (χ3v) is 13.5. The summed E-state index contributed by atoms with van der Waals surface area (Å²) in [5, 5.41) is 11.7. The van der Waals surface area contributed by atoms with Crippen LogP contribution in [0.25, 0.3) is 133 Å². The molecule has 0 aliphatic heterocycles. The molecule has 0 N–H and O–H groups in total. The normalized spacial score (nSPS) is 11.8. The van der Waals surface area contributed by atoms with E-state index in [1.165, 1.54) is 32.3 Å². The average molecular weight is 867 g/mol. The van der Waals surface area contributed by atoms with Crippen molar-refractivity contribution >= 4 is 75.9 Å². The van der Waals surface area contributed by atoms with Gasteiger partial charge in [-0.25, -0.2) is 9.97 Å². The van der Waals surface area contributed by atoms with Crippen molar-refractivity contribution in [1.82, 2.24) is 29.1 Å². The molecule has 0 aliphatic rings. The molecule has 0 bridgehead atoms. The number of nitrogens with zero attached hydrogens (tertiary/aromatic N) is 6. The van der Waals surface area contributed by atoms with Crippen LogP contribution in [0.4, 0.5) is 0 Å². The molecule has 0 aliphatic carbocycles. The van der Waals surface area contributed by atoms with E-state index >= 15 is 0 Å². The maximum absolute atomic E-state index is 5.36. The molecule has 14 aromatic rings. The molecule has 316 valence electrons. The number of para-hydroxylation sites is 2. The van der Waals surface area contributed by atoms with Gasteiger partial charge in [-0.1, -0.05) is 206 Å². The molecule has 10 aromatic carbocycles. The van der Waals surface area contributed by atoms with Crippen LogP contribution in [0.1, 0.15) is 0 Å². The van der Waals surface area contributed by atoms with E-state index in [9.17, 15) is 0 Å². The largest absolute Gasteiger partial charge is 0.308 e. The van der Waals surface area contributed by atoms with Crippen LogP contribution in [-0.4, -0.2) is 29.1 Å². The van der Waals surface area contributed by atoms with Gasteiger partial charge in [-0.05, 0) is 40.4 Å². The third kappa shape index (κ3) is 5.77. The lowest BCUT2D eigenvalue weighted by Crippen LogP contribution is -2.06. The zero-order chi connectivity index (χ0) is 44.7. The van der Waals surface area contributed by atoms with Crippen molar-refractivity contribution in [2.24, 2.45) is 0 Å². The number of aromatic nitrogens is 6. The molecule has 6 heteroatoms. The Morgan fingerprint density at radius 1 is 0.265 bits per heavy atom. The Bertz CT molecular complexity index is 3900. The second-order valence-electron chi connectivity index (χ2n) is 17.3. The van der Waals surface area contributed by atoms with Gasteiger partial charge in [0.2, 0.25) is 5.95 Å². The average Bonchev–Trinajstić information content (AvgIpc) is 3.96. The highest BCUT2D eigenvalue weighted by Gasteiger charge is 2.27. The summed E-state index contributed by atoms with van der Waals surface area (Å²) < 4.78 is 4.77. The summed E-state index contributed by atoms with van der Waals surface area (Å²) in [5.74, 6) is 1.79. The van der Waals surface area contributed by atoms with Crippen LogP contribution in [0.3, 0.4) is 0 Å². The minimum atomic E-state index is 0.562. The van der Waals surface area contributed by atoms with Crippen molar-refractivity contribution in [3.63, 3.8) is 0 Å². The van der Waals surface area contributed by atoms with E-state index in [-0.39, 0.29) is 0 Å². The molecule has 68 heavy (non-hydrogen) atoms. The quantitative estimate of drug-likeness (QED) is 0.156. The van der Waals surface area contributed by atoms with Crippen molar-refractivity contribution in [1.29, 1.82) is 0 Å². The van der Waals surface area contributed by atoms with Crippen LogP contribution in [-0.2, 0) is 0 Å². The molecule has 0 atom stereocenters. The first-order chi connectivity index (χ1) is 33.8. The van der Waals surface area contributed by atoms with Gasteiger partial charge in [-0.15, -0.1) is 0 Å². The summed E-state index contributed by atoms with van der Waals surface area (Å²) in [6, 6.07) is 81.4. The molecule has 14 rings (SSSR count). The lowest BCUT2D eigenvalue weighted by Gasteiger charge is -2.17. The number of pyridine rings is 1. The van der Waals surface area contributed by atoms with E-state index in [1.807, 2.05) is 36.4 Å². The Kier molecular flexibility index (Phi) is 8.48. The fourth-order valence-corrected chi connectivity index (χ4v) is 10.6. The van der Waals surface area contributed by atoms with Gasteiger partial charge in [-0.3, -0.25) is 4.57 Å². The summed E-state index contributed by atoms with van der Waals surface area (Å²) in [5.41, 5.74) is 11.2. The predicted octanol–water partition coefficient (Wildman–Crippen LogP) is 15.6.